The number of ether oxygens (including phenoxy) is 1. The van der Waals surface area contributed by atoms with E-state index in [0.717, 1.165) is 16.7 Å². The summed E-state index contributed by atoms with van der Waals surface area (Å²) in [4.78, 5) is 16.5. The van der Waals surface area contributed by atoms with Gasteiger partial charge in [-0.1, -0.05) is 24.3 Å². The molecule has 0 fully saturated rings. The van der Waals surface area contributed by atoms with Crippen molar-refractivity contribution in [1.29, 1.82) is 0 Å². The second-order valence-corrected chi connectivity index (χ2v) is 7.26. The maximum absolute atomic E-state index is 14.5. The van der Waals surface area contributed by atoms with Gasteiger partial charge in [-0.3, -0.25) is 14.5 Å². The van der Waals surface area contributed by atoms with E-state index < -0.39 is 0 Å². The molecule has 4 aromatic rings. The van der Waals surface area contributed by atoms with E-state index in [1.165, 1.54) is 6.07 Å². The van der Waals surface area contributed by atoms with Gasteiger partial charge >= 0.3 is 0 Å². The fourth-order valence-electron chi connectivity index (χ4n) is 3.44. The van der Waals surface area contributed by atoms with Crippen LogP contribution in [0.3, 0.4) is 0 Å². The number of hydrogen-bond donors (Lipinski definition) is 1. The third-order valence-corrected chi connectivity index (χ3v) is 5.04. The molecule has 0 bridgehead atoms. The molecule has 2 aromatic heterocycles. The molecule has 1 amide bonds. The smallest absolute Gasteiger partial charge is 0.251 e. The maximum atomic E-state index is 14.5. The number of methoxy groups -OCH3 is 1. The Morgan fingerprint density at radius 3 is 2.50 bits per heavy atom. The van der Waals surface area contributed by atoms with Crippen molar-refractivity contribution in [2.45, 2.75) is 13.2 Å². The Hall–Kier alpha value is -3.84. The quantitative estimate of drug-likeness (QED) is 0.452. The first-order chi connectivity index (χ1) is 15.7. The zero-order valence-electron chi connectivity index (χ0n) is 17.7. The Kier molecular flexibility index (Phi) is 6.67. The molecule has 6 nitrogen and oxygen atoms in total. The Labute approximate surface area is 185 Å². The van der Waals surface area contributed by atoms with Gasteiger partial charge in [0.1, 0.15) is 11.5 Å². The largest absolute Gasteiger partial charge is 0.380 e. The van der Waals surface area contributed by atoms with Gasteiger partial charge in [0.15, 0.2) is 0 Å². The summed E-state index contributed by atoms with van der Waals surface area (Å²) in [6.07, 6.45) is 5.24. The van der Waals surface area contributed by atoms with Crippen LogP contribution in [0.25, 0.3) is 22.4 Å². The summed E-state index contributed by atoms with van der Waals surface area (Å²) in [6, 6.07) is 17.6. The summed E-state index contributed by atoms with van der Waals surface area (Å²) in [5.74, 6) is -0.497. The lowest BCUT2D eigenvalue weighted by atomic mass is 10.0. The lowest BCUT2D eigenvalue weighted by Crippen LogP contribution is -2.27. The highest BCUT2D eigenvalue weighted by Gasteiger charge is 2.16. The molecular weight excluding hydrogens is 407 g/mol. The number of halogens is 1. The first-order valence-corrected chi connectivity index (χ1v) is 10.2. The SMILES string of the molecule is COCc1ccc(C(=O)NCCn2cc(-c3ccncc3)c(-c3ccccc3F)n2)cc1. The standard InChI is InChI=1S/C25H23FN4O2/c1-32-17-18-6-8-20(9-7-18)25(31)28-14-15-30-16-22(19-10-12-27-13-11-19)24(29-30)21-4-2-3-5-23(21)26/h2-13,16H,14-15,17H2,1H3,(H,28,31). The van der Waals surface area contributed by atoms with Gasteiger partial charge in [-0.15, -0.1) is 0 Å². The summed E-state index contributed by atoms with van der Waals surface area (Å²) in [5.41, 5.74) is 4.26. The second-order valence-electron chi connectivity index (χ2n) is 7.26. The van der Waals surface area contributed by atoms with Crippen LogP contribution in [0, 0.1) is 5.82 Å². The van der Waals surface area contributed by atoms with Crippen molar-refractivity contribution in [2.24, 2.45) is 0 Å². The number of benzene rings is 2. The fourth-order valence-corrected chi connectivity index (χ4v) is 3.44. The molecule has 0 saturated heterocycles. The minimum Gasteiger partial charge on any atom is -0.380 e. The van der Waals surface area contributed by atoms with E-state index >= 15 is 0 Å². The predicted molar refractivity (Wildman–Crippen MR) is 120 cm³/mol. The fraction of sp³-hybridized carbons (Fsp3) is 0.160. The van der Waals surface area contributed by atoms with E-state index in [4.69, 9.17) is 4.74 Å². The van der Waals surface area contributed by atoms with Gasteiger partial charge in [-0.05, 0) is 47.5 Å². The average Bonchev–Trinajstić information content (AvgIpc) is 3.24. The van der Waals surface area contributed by atoms with Gasteiger partial charge in [0.05, 0.1) is 13.2 Å². The molecule has 7 heteroatoms. The highest BCUT2D eigenvalue weighted by Crippen LogP contribution is 2.32. The van der Waals surface area contributed by atoms with Crippen LogP contribution >= 0.6 is 0 Å². The number of aromatic nitrogens is 3. The van der Waals surface area contributed by atoms with Crippen LogP contribution in [0.5, 0.6) is 0 Å². The molecule has 2 heterocycles. The van der Waals surface area contributed by atoms with Crippen LogP contribution in [-0.2, 0) is 17.9 Å². The second kappa shape index (κ2) is 9.98. The van der Waals surface area contributed by atoms with E-state index in [0.29, 0.717) is 36.5 Å². The summed E-state index contributed by atoms with van der Waals surface area (Å²) in [7, 11) is 1.63. The summed E-state index contributed by atoms with van der Waals surface area (Å²) >= 11 is 0. The number of hydrogen-bond acceptors (Lipinski definition) is 4. The summed E-state index contributed by atoms with van der Waals surface area (Å²) < 4.78 is 21.3. The number of carbonyl (C=O) groups is 1. The molecule has 1 N–H and O–H groups in total. The highest BCUT2D eigenvalue weighted by atomic mass is 19.1. The van der Waals surface area contributed by atoms with Crippen LogP contribution in [0.15, 0.2) is 79.3 Å². The van der Waals surface area contributed by atoms with Gasteiger partial charge in [0.2, 0.25) is 0 Å². The first-order valence-electron chi connectivity index (χ1n) is 10.2. The van der Waals surface area contributed by atoms with Crippen molar-refractivity contribution in [3.63, 3.8) is 0 Å². The molecule has 0 radical (unpaired) electrons. The molecule has 0 aliphatic carbocycles. The minimum atomic E-state index is -0.335. The monoisotopic (exact) mass is 430 g/mol. The number of nitrogens with one attached hydrogen (secondary N) is 1. The van der Waals surface area contributed by atoms with Gasteiger partial charge in [0, 0.05) is 48.9 Å². The highest BCUT2D eigenvalue weighted by molar-refractivity contribution is 5.94. The van der Waals surface area contributed by atoms with Gasteiger partial charge in [0.25, 0.3) is 5.91 Å². The first kappa shape index (κ1) is 21.4. The van der Waals surface area contributed by atoms with E-state index in [1.54, 1.807) is 54.5 Å². The number of pyridine rings is 1. The third kappa shape index (κ3) is 4.90. The molecular formula is C25H23FN4O2. The van der Waals surface area contributed by atoms with E-state index in [-0.39, 0.29) is 11.7 Å². The van der Waals surface area contributed by atoms with E-state index in [9.17, 15) is 9.18 Å². The summed E-state index contributed by atoms with van der Waals surface area (Å²) in [6.45, 7) is 1.33. The molecule has 162 valence electrons. The lowest BCUT2D eigenvalue weighted by Gasteiger charge is -2.06. The number of carbonyl (C=O) groups excluding carboxylic acids is 1. The topological polar surface area (TPSA) is 69.0 Å². The zero-order chi connectivity index (χ0) is 22.3. The van der Waals surface area contributed by atoms with Crippen molar-refractivity contribution < 1.29 is 13.9 Å². The van der Waals surface area contributed by atoms with Crippen molar-refractivity contribution in [3.05, 3.63) is 96.2 Å². The molecule has 0 saturated carbocycles. The normalized spacial score (nSPS) is 10.8. The third-order valence-electron chi connectivity index (χ3n) is 5.04. The molecule has 2 aromatic carbocycles. The molecule has 0 spiro atoms. The minimum absolute atomic E-state index is 0.162. The maximum Gasteiger partial charge on any atom is 0.251 e. The van der Waals surface area contributed by atoms with Crippen LogP contribution in [0.2, 0.25) is 0 Å². The lowest BCUT2D eigenvalue weighted by molar-refractivity contribution is 0.0952. The average molecular weight is 430 g/mol. The Morgan fingerprint density at radius 1 is 1.03 bits per heavy atom. The van der Waals surface area contributed by atoms with E-state index in [2.05, 4.69) is 15.4 Å². The van der Waals surface area contributed by atoms with Crippen LogP contribution in [-0.4, -0.2) is 34.3 Å². The molecule has 0 unspecified atom stereocenters. The van der Waals surface area contributed by atoms with Crippen molar-refractivity contribution in [3.8, 4) is 22.4 Å². The molecule has 0 aliphatic heterocycles. The predicted octanol–water partition coefficient (Wildman–Crippen LogP) is 4.33. The Morgan fingerprint density at radius 2 is 1.78 bits per heavy atom. The van der Waals surface area contributed by atoms with Crippen LogP contribution in [0.1, 0.15) is 15.9 Å². The number of rotatable bonds is 8. The van der Waals surface area contributed by atoms with Crippen LogP contribution < -0.4 is 5.32 Å². The van der Waals surface area contributed by atoms with Crippen LogP contribution in [0.4, 0.5) is 4.39 Å². The summed E-state index contributed by atoms with van der Waals surface area (Å²) in [5, 5.41) is 7.51. The molecule has 0 aliphatic rings. The van der Waals surface area contributed by atoms with Gasteiger partial charge in [-0.2, -0.15) is 5.10 Å². The molecule has 4 rings (SSSR count). The number of nitrogens with zero attached hydrogens (tertiary/aromatic N) is 3. The Balaban J connectivity index is 1.49. The molecule has 0 atom stereocenters. The van der Waals surface area contributed by atoms with Crippen molar-refractivity contribution >= 4 is 5.91 Å². The van der Waals surface area contributed by atoms with E-state index in [1.807, 2.05) is 30.5 Å². The van der Waals surface area contributed by atoms with Gasteiger partial charge < -0.3 is 10.1 Å². The Bertz CT molecular complexity index is 1190. The molecule has 32 heavy (non-hydrogen) atoms. The van der Waals surface area contributed by atoms with Crippen molar-refractivity contribution in [1.82, 2.24) is 20.1 Å². The zero-order valence-corrected chi connectivity index (χ0v) is 17.7. The number of amides is 1. The van der Waals surface area contributed by atoms with Crippen molar-refractivity contribution in [2.75, 3.05) is 13.7 Å². The van der Waals surface area contributed by atoms with Gasteiger partial charge in [-0.25, -0.2) is 4.39 Å².